The van der Waals surface area contributed by atoms with Gasteiger partial charge in [-0.2, -0.15) is 5.26 Å². The van der Waals surface area contributed by atoms with Crippen LogP contribution in [0.1, 0.15) is 50.5 Å². The van der Waals surface area contributed by atoms with Gasteiger partial charge >= 0.3 is 0 Å². The normalized spacial score (nSPS) is 10.4. The number of carbonyl (C=O) groups is 1. The molecule has 0 fully saturated rings. The molecular weight excluding hydrogens is 368 g/mol. The number of ether oxygens (including phenoxy) is 3. The van der Waals surface area contributed by atoms with Gasteiger partial charge in [-0.1, -0.05) is 6.07 Å². The fraction of sp³-hybridized carbons (Fsp3) is 0.391. The third kappa shape index (κ3) is 5.20. The van der Waals surface area contributed by atoms with E-state index in [1.807, 2.05) is 40.7 Å². The first-order chi connectivity index (χ1) is 14.0. The lowest BCUT2D eigenvalue weighted by Crippen LogP contribution is -2.37. The minimum Gasteiger partial charge on any atom is -0.490 e. The van der Waals surface area contributed by atoms with Crippen LogP contribution in [0.4, 0.5) is 5.69 Å². The van der Waals surface area contributed by atoms with E-state index in [0.29, 0.717) is 53.9 Å². The number of amides is 1. The van der Waals surface area contributed by atoms with Crippen LogP contribution in [0.3, 0.4) is 0 Å². The zero-order valence-corrected chi connectivity index (χ0v) is 17.7. The maximum absolute atomic E-state index is 13.5. The second-order valence-electron chi connectivity index (χ2n) is 6.53. The van der Waals surface area contributed by atoms with E-state index in [1.165, 1.54) is 0 Å². The second kappa shape index (κ2) is 10.4. The summed E-state index contributed by atoms with van der Waals surface area (Å²) in [5.41, 5.74) is 1.59. The van der Waals surface area contributed by atoms with Crippen LogP contribution in [0.2, 0.25) is 0 Å². The lowest BCUT2D eigenvalue weighted by Gasteiger charge is -2.28. The molecule has 2 aromatic carbocycles. The fourth-order valence-electron chi connectivity index (χ4n) is 3.03. The van der Waals surface area contributed by atoms with Crippen LogP contribution in [0.25, 0.3) is 0 Å². The number of nitrogens with zero attached hydrogens (tertiary/aromatic N) is 2. The molecule has 0 saturated carbocycles. The Labute approximate surface area is 172 Å². The summed E-state index contributed by atoms with van der Waals surface area (Å²) in [5.74, 6) is 1.23. The van der Waals surface area contributed by atoms with Crippen molar-refractivity contribution in [3.05, 3.63) is 47.5 Å². The van der Waals surface area contributed by atoms with E-state index < -0.39 is 0 Å². The highest BCUT2D eigenvalue weighted by molar-refractivity contribution is 6.07. The van der Waals surface area contributed by atoms with Gasteiger partial charge in [-0.05, 0) is 65.0 Å². The summed E-state index contributed by atoms with van der Waals surface area (Å²) in [6.07, 6.45) is 0. The summed E-state index contributed by atoms with van der Waals surface area (Å²) < 4.78 is 17.2. The Kier molecular flexibility index (Phi) is 7.90. The summed E-state index contributed by atoms with van der Waals surface area (Å²) in [6.45, 7) is 10.8. The average Bonchev–Trinajstić information content (AvgIpc) is 2.70. The number of anilines is 1. The summed E-state index contributed by atoms with van der Waals surface area (Å²) >= 11 is 0. The molecule has 0 bridgehead atoms. The molecule has 0 atom stereocenters. The molecule has 2 rings (SSSR count). The van der Waals surface area contributed by atoms with Gasteiger partial charge in [-0.15, -0.1) is 0 Å². The molecule has 0 radical (unpaired) electrons. The van der Waals surface area contributed by atoms with Gasteiger partial charge in [0.25, 0.3) is 5.91 Å². The minimum absolute atomic E-state index is 0.117. The van der Waals surface area contributed by atoms with Gasteiger partial charge in [0.05, 0.1) is 31.5 Å². The molecule has 29 heavy (non-hydrogen) atoms. The van der Waals surface area contributed by atoms with Crippen molar-refractivity contribution in [1.29, 1.82) is 5.26 Å². The van der Waals surface area contributed by atoms with Gasteiger partial charge in [-0.3, -0.25) is 4.79 Å². The van der Waals surface area contributed by atoms with Crippen molar-refractivity contribution in [3.8, 4) is 23.3 Å². The molecule has 0 aromatic heterocycles. The smallest absolute Gasteiger partial charge is 0.258 e. The molecule has 0 heterocycles. The fourth-order valence-corrected chi connectivity index (χ4v) is 3.03. The summed E-state index contributed by atoms with van der Waals surface area (Å²) in [7, 11) is 0. The molecule has 0 aliphatic rings. The molecule has 6 heteroatoms. The minimum atomic E-state index is -0.208. The predicted molar refractivity (Wildman–Crippen MR) is 113 cm³/mol. The number of carbonyl (C=O) groups excluding carboxylic acids is 1. The van der Waals surface area contributed by atoms with E-state index >= 15 is 0 Å². The lowest BCUT2D eigenvalue weighted by atomic mass is 10.1. The topological polar surface area (TPSA) is 71.8 Å². The Morgan fingerprint density at radius 2 is 1.59 bits per heavy atom. The van der Waals surface area contributed by atoms with Gasteiger partial charge in [-0.25, -0.2) is 0 Å². The third-order valence-electron chi connectivity index (χ3n) is 4.14. The van der Waals surface area contributed by atoms with Crippen LogP contribution in [-0.2, 0) is 0 Å². The second-order valence-corrected chi connectivity index (χ2v) is 6.53. The van der Waals surface area contributed by atoms with E-state index in [-0.39, 0.29) is 11.9 Å². The first-order valence-corrected chi connectivity index (χ1v) is 9.86. The van der Waals surface area contributed by atoms with Gasteiger partial charge < -0.3 is 19.1 Å². The SMILES string of the molecule is CCOc1cc(C(=O)N(c2cccc(C#N)c2)C(C)C)cc(OCC)c1OCC. The van der Waals surface area contributed by atoms with E-state index in [9.17, 15) is 10.1 Å². The van der Waals surface area contributed by atoms with Crippen molar-refractivity contribution < 1.29 is 19.0 Å². The van der Waals surface area contributed by atoms with Crippen LogP contribution in [0.15, 0.2) is 36.4 Å². The maximum atomic E-state index is 13.5. The first-order valence-electron chi connectivity index (χ1n) is 9.86. The van der Waals surface area contributed by atoms with Crippen molar-refractivity contribution in [2.45, 2.75) is 40.7 Å². The van der Waals surface area contributed by atoms with Crippen LogP contribution in [-0.4, -0.2) is 31.8 Å². The predicted octanol–water partition coefficient (Wildman–Crippen LogP) is 4.81. The number of nitriles is 1. The molecule has 0 spiro atoms. The Morgan fingerprint density at radius 1 is 1.00 bits per heavy atom. The van der Waals surface area contributed by atoms with Crippen molar-refractivity contribution in [3.63, 3.8) is 0 Å². The van der Waals surface area contributed by atoms with Crippen molar-refractivity contribution in [2.75, 3.05) is 24.7 Å². The highest BCUT2D eigenvalue weighted by Gasteiger charge is 2.25. The van der Waals surface area contributed by atoms with E-state index in [1.54, 1.807) is 35.2 Å². The highest BCUT2D eigenvalue weighted by Crippen LogP contribution is 2.39. The molecule has 0 aliphatic carbocycles. The summed E-state index contributed by atoms with van der Waals surface area (Å²) in [4.78, 5) is 15.1. The van der Waals surface area contributed by atoms with Crippen LogP contribution >= 0.6 is 0 Å². The van der Waals surface area contributed by atoms with Crippen molar-refractivity contribution in [1.82, 2.24) is 0 Å². The number of rotatable bonds is 9. The molecule has 2 aromatic rings. The molecule has 6 nitrogen and oxygen atoms in total. The van der Waals surface area contributed by atoms with Crippen LogP contribution in [0, 0.1) is 11.3 Å². The molecule has 0 aliphatic heterocycles. The third-order valence-corrected chi connectivity index (χ3v) is 4.14. The Hall–Kier alpha value is -3.20. The van der Waals surface area contributed by atoms with Crippen LogP contribution in [0.5, 0.6) is 17.2 Å². The van der Waals surface area contributed by atoms with E-state index in [0.717, 1.165) is 0 Å². The monoisotopic (exact) mass is 396 g/mol. The lowest BCUT2D eigenvalue weighted by molar-refractivity contribution is 0.0979. The van der Waals surface area contributed by atoms with E-state index in [4.69, 9.17) is 14.2 Å². The van der Waals surface area contributed by atoms with Gasteiger partial charge in [0.15, 0.2) is 11.5 Å². The van der Waals surface area contributed by atoms with Gasteiger partial charge in [0.1, 0.15) is 0 Å². The number of hydrogen-bond acceptors (Lipinski definition) is 5. The molecule has 0 N–H and O–H groups in total. The number of hydrogen-bond donors (Lipinski definition) is 0. The maximum Gasteiger partial charge on any atom is 0.258 e. The molecule has 1 amide bonds. The van der Waals surface area contributed by atoms with E-state index in [2.05, 4.69) is 6.07 Å². The standard InChI is InChI=1S/C23H28N2O4/c1-6-27-20-13-18(14-21(28-7-2)22(20)29-8-3)23(26)25(16(4)5)19-11-9-10-17(12-19)15-24/h9-14,16H,6-8H2,1-5H3. The van der Waals surface area contributed by atoms with Crippen molar-refractivity contribution >= 4 is 11.6 Å². The van der Waals surface area contributed by atoms with Gasteiger partial charge in [0, 0.05) is 17.3 Å². The zero-order chi connectivity index (χ0) is 21.4. The van der Waals surface area contributed by atoms with Crippen molar-refractivity contribution in [2.24, 2.45) is 0 Å². The van der Waals surface area contributed by atoms with Gasteiger partial charge in [0.2, 0.25) is 5.75 Å². The van der Waals surface area contributed by atoms with Crippen LogP contribution < -0.4 is 19.1 Å². The molecule has 0 saturated heterocycles. The number of benzene rings is 2. The Morgan fingerprint density at radius 3 is 2.07 bits per heavy atom. The molecular formula is C23H28N2O4. The average molecular weight is 396 g/mol. The first kappa shape index (κ1) is 22.1. The zero-order valence-electron chi connectivity index (χ0n) is 17.7. The Balaban J connectivity index is 2.57. The highest BCUT2D eigenvalue weighted by atomic mass is 16.5. The summed E-state index contributed by atoms with van der Waals surface area (Å²) in [6, 6.07) is 12.4. The Bertz CT molecular complexity index is 860. The summed E-state index contributed by atoms with van der Waals surface area (Å²) in [5, 5.41) is 9.21. The molecule has 154 valence electrons. The quantitative estimate of drug-likeness (QED) is 0.608. The molecule has 0 unspecified atom stereocenters. The largest absolute Gasteiger partial charge is 0.490 e.